The highest BCUT2D eigenvalue weighted by molar-refractivity contribution is 7.89. The molecule has 34 heavy (non-hydrogen) atoms. The van der Waals surface area contributed by atoms with E-state index in [1.54, 1.807) is 6.92 Å². The molecule has 184 valence electrons. The summed E-state index contributed by atoms with van der Waals surface area (Å²) in [5.74, 6) is -0.239. The van der Waals surface area contributed by atoms with Gasteiger partial charge in [-0.15, -0.1) is 0 Å². The van der Waals surface area contributed by atoms with E-state index in [2.05, 4.69) is 5.32 Å². The molecular weight excluding hydrogens is 458 g/mol. The van der Waals surface area contributed by atoms with Crippen LogP contribution in [0.15, 0.2) is 59.5 Å². The molecule has 9 nitrogen and oxygen atoms in total. The van der Waals surface area contributed by atoms with Gasteiger partial charge in [-0.2, -0.15) is 4.31 Å². The topological polar surface area (TPSA) is 105 Å². The van der Waals surface area contributed by atoms with Crippen LogP contribution in [0.4, 0.5) is 0 Å². The Hall–Kier alpha value is -2.95. The lowest BCUT2D eigenvalue weighted by molar-refractivity contribution is -0.142. The number of nitrogens with one attached hydrogen (secondary N) is 1. The molecule has 0 unspecified atom stereocenters. The summed E-state index contributed by atoms with van der Waals surface area (Å²) in [5, 5.41) is 2.75. The first-order chi connectivity index (χ1) is 16.3. The van der Waals surface area contributed by atoms with Crippen molar-refractivity contribution in [2.75, 3.05) is 39.5 Å². The number of carbonyl (C=O) groups excluding carboxylic acids is 2. The summed E-state index contributed by atoms with van der Waals surface area (Å²) in [4.78, 5) is 27.0. The minimum atomic E-state index is -3.61. The number of sulfonamides is 1. The lowest BCUT2D eigenvalue weighted by atomic mass is 10.1. The number of likely N-dealkylation sites (N-methyl/N-ethyl adjacent to an activating group) is 1. The van der Waals surface area contributed by atoms with Gasteiger partial charge in [-0.05, 0) is 43.7 Å². The smallest absolute Gasteiger partial charge is 0.261 e. The van der Waals surface area contributed by atoms with Crippen molar-refractivity contribution >= 4 is 21.8 Å². The molecule has 0 bridgehead atoms. The Balaban J connectivity index is 1.66. The molecular formula is C24H31N3O6S. The maximum absolute atomic E-state index is 13.0. The summed E-state index contributed by atoms with van der Waals surface area (Å²) in [7, 11) is -3.61. The number of hydrogen-bond acceptors (Lipinski definition) is 6. The molecule has 1 heterocycles. The van der Waals surface area contributed by atoms with Crippen LogP contribution >= 0.6 is 0 Å². The van der Waals surface area contributed by atoms with Crippen LogP contribution in [0, 0.1) is 0 Å². The molecule has 1 aliphatic rings. The fourth-order valence-corrected chi connectivity index (χ4v) is 4.96. The lowest BCUT2D eigenvalue weighted by Crippen LogP contribution is -2.49. The number of hydrogen-bond donors (Lipinski definition) is 1. The summed E-state index contributed by atoms with van der Waals surface area (Å²) >= 11 is 0. The molecule has 2 amide bonds. The number of benzene rings is 2. The van der Waals surface area contributed by atoms with Gasteiger partial charge in [0.2, 0.25) is 15.9 Å². The van der Waals surface area contributed by atoms with E-state index in [0.29, 0.717) is 38.6 Å². The average Bonchev–Trinajstić information content (AvgIpc) is 2.87. The van der Waals surface area contributed by atoms with Crippen LogP contribution < -0.4 is 10.1 Å². The van der Waals surface area contributed by atoms with Crippen LogP contribution in [0.3, 0.4) is 0 Å². The highest BCUT2D eigenvalue weighted by atomic mass is 32.2. The molecule has 0 spiro atoms. The van der Waals surface area contributed by atoms with Crippen LogP contribution in [0.5, 0.6) is 5.75 Å². The standard InChI is InChI=1S/C24H31N3O6S/c1-3-25-24(29)19(2)27(17-20-7-5-4-6-8-20)23(28)18-33-21-9-11-22(12-10-21)34(30,31)26-13-15-32-16-14-26/h4-12,19H,3,13-18H2,1-2H3,(H,25,29)/t19-/m0/s1. The first-order valence-electron chi connectivity index (χ1n) is 11.2. The van der Waals surface area contributed by atoms with Gasteiger partial charge in [0.25, 0.3) is 5.91 Å². The van der Waals surface area contributed by atoms with E-state index in [0.717, 1.165) is 5.56 Å². The molecule has 10 heteroatoms. The van der Waals surface area contributed by atoms with Gasteiger partial charge in [0, 0.05) is 26.2 Å². The fourth-order valence-electron chi connectivity index (χ4n) is 3.56. The van der Waals surface area contributed by atoms with E-state index in [1.165, 1.54) is 33.5 Å². The summed E-state index contributed by atoms with van der Waals surface area (Å²) < 4.78 is 37.7. The largest absolute Gasteiger partial charge is 0.484 e. The third kappa shape index (κ3) is 6.55. The molecule has 2 aromatic rings. The van der Waals surface area contributed by atoms with Crippen molar-refractivity contribution in [1.29, 1.82) is 0 Å². The van der Waals surface area contributed by atoms with Gasteiger partial charge in [-0.3, -0.25) is 9.59 Å². The van der Waals surface area contributed by atoms with Crippen molar-refractivity contribution in [3.05, 3.63) is 60.2 Å². The molecule has 0 saturated carbocycles. The van der Waals surface area contributed by atoms with Gasteiger partial charge >= 0.3 is 0 Å². The zero-order chi connectivity index (χ0) is 24.6. The second kappa shape index (κ2) is 12.0. The van der Waals surface area contributed by atoms with Crippen LogP contribution in [-0.2, 0) is 30.9 Å². The quantitative estimate of drug-likeness (QED) is 0.544. The Labute approximate surface area is 200 Å². The predicted octanol–water partition coefficient (Wildman–Crippen LogP) is 1.64. The van der Waals surface area contributed by atoms with Crippen molar-refractivity contribution in [3.8, 4) is 5.75 Å². The van der Waals surface area contributed by atoms with Crippen LogP contribution in [-0.4, -0.2) is 74.9 Å². The number of amides is 2. The van der Waals surface area contributed by atoms with Crippen LogP contribution in [0.1, 0.15) is 19.4 Å². The highest BCUT2D eigenvalue weighted by Crippen LogP contribution is 2.21. The van der Waals surface area contributed by atoms with Gasteiger partial charge in [0.15, 0.2) is 6.61 Å². The fraction of sp³-hybridized carbons (Fsp3) is 0.417. The SMILES string of the molecule is CCNC(=O)[C@H](C)N(Cc1ccccc1)C(=O)COc1ccc(S(=O)(=O)N2CCOCC2)cc1. The second-order valence-electron chi connectivity index (χ2n) is 7.85. The van der Waals surface area contributed by atoms with E-state index in [-0.39, 0.29) is 29.9 Å². The van der Waals surface area contributed by atoms with Crippen LogP contribution in [0.25, 0.3) is 0 Å². The Bertz CT molecular complexity index is 1050. The van der Waals surface area contributed by atoms with Gasteiger partial charge in [0.05, 0.1) is 18.1 Å². The molecule has 0 aliphatic carbocycles. The minimum absolute atomic E-state index is 0.156. The van der Waals surface area contributed by atoms with Gasteiger partial charge in [-0.25, -0.2) is 8.42 Å². The Morgan fingerprint density at radius 1 is 1.09 bits per heavy atom. The Kier molecular flexibility index (Phi) is 9.03. The number of nitrogens with zero attached hydrogens (tertiary/aromatic N) is 2. The maximum Gasteiger partial charge on any atom is 0.261 e. The van der Waals surface area contributed by atoms with Crippen molar-refractivity contribution in [2.24, 2.45) is 0 Å². The van der Waals surface area contributed by atoms with E-state index < -0.39 is 16.1 Å². The van der Waals surface area contributed by atoms with Gasteiger partial charge < -0.3 is 19.7 Å². The number of ether oxygens (including phenoxy) is 2. The molecule has 1 atom stereocenters. The zero-order valence-electron chi connectivity index (χ0n) is 19.5. The first kappa shape index (κ1) is 25.7. The summed E-state index contributed by atoms with van der Waals surface area (Å²) in [5.41, 5.74) is 0.893. The molecule has 2 aromatic carbocycles. The first-order valence-corrected chi connectivity index (χ1v) is 12.7. The van der Waals surface area contributed by atoms with Gasteiger partial charge in [-0.1, -0.05) is 30.3 Å². The molecule has 3 rings (SSSR count). The van der Waals surface area contributed by atoms with Crippen molar-refractivity contribution in [2.45, 2.75) is 31.3 Å². The lowest BCUT2D eigenvalue weighted by Gasteiger charge is -2.28. The van der Waals surface area contributed by atoms with Crippen LogP contribution in [0.2, 0.25) is 0 Å². The number of carbonyl (C=O) groups is 2. The molecule has 1 N–H and O–H groups in total. The molecule has 1 saturated heterocycles. The van der Waals surface area contributed by atoms with E-state index in [1.807, 2.05) is 37.3 Å². The minimum Gasteiger partial charge on any atom is -0.484 e. The van der Waals surface area contributed by atoms with Gasteiger partial charge in [0.1, 0.15) is 11.8 Å². The third-order valence-corrected chi connectivity index (χ3v) is 7.42. The predicted molar refractivity (Wildman–Crippen MR) is 127 cm³/mol. The molecule has 0 aromatic heterocycles. The van der Waals surface area contributed by atoms with Crippen molar-refractivity contribution in [1.82, 2.24) is 14.5 Å². The summed E-state index contributed by atoms with van der Waals surface area (Å²) in [6.45, 7) is 5.31. The monoisotopic (exact) mass is 489 g/mol. The summed E-state index contributed by atoms with van der Waals surface area (Å²) in [6, 6.07) is 14.7. The highest BCUT2D eigenvalue weighted by Gasteiger charge is 2.27. The third-order valence-electron chi connectivity index (χ3n) is 5.51. The number of rotatable bonds is 10. The number of morpholine rings is 1. The zero-order valence-corrected chi connectivity index (χ0v) is 20.3. The molecule has 0 radical (unpaired) electrons. The van der Waals surface area contributed by atoms with Crippen molar-refractivity contribution < 1.29 is 27.5 Å². The second-order valence-corrected chi connectivity index (χ2v) is 9.79. The van der Waals surface area contributed by atoms with E-state index in [4.69, 9.17) is 9.47 Å². The van der Waals surface area contributed by atoms with Crippen molar-refractivity contribution in [3.63, 3.8) is 0 Å². The Morgan fingerprint density at radius 3 is 2.35 bits per heavy atom. The molecule has 1 aliphatic heterocycles. The van der Waals surface area contributed by atoms with E-state index in [9.17, 15) is 18.0 Å². The average molecular weight is 490 g/mol. The maximum atomic E-state index is 13.0. The summed E-state index contributed by atoms with van der Waals surface area (Å²) in [6.07, 6.45) is 0. The van der Waals surface area contributed by atoms with E-state index >= 15 is 0 Å². The molecule has 1 fully saturated rings. The normalized spacial score (nSPS) is 15.4. The Morgan fingerprint density at radius 2 is 1.74 bits per heavy atom.